The Labute approximate surface area is 258 Å². The predicted molar refractivity (Wildman–Crippen MR) is 173 cm³/mol. The molecular formula is C33H34N4O4S2. The van der Waals surface area contributed by atoms with Gasteiger partial charge in [-0.1, -0.05) is 66.7 Å². The van der Waals surface area contributed by atoms with Crippen LogP contribution in [-0.4, -0.2) is 61.4 Å². The van der Waals surface area contributed by atoms with E-state index in [1.54, 1.807) is 52.8 Å². The molecule has 10 heteroatoms. The maximum atomic E-state index is 13.5. The number of hydrogen-bond donors (Lipinski definition) is 2. The Bertz CT molecular complexity index is 1600. The van der Waals surface area contributed by atoms with E-state index in [0.717, 1.165) is 0 Å². The lowest BCUT2D eigenvalue weighted by Crippen LogP contribution is -2.49. The Morgan fingerprint density at radius 2 is 1.44 bits per heavy atom. The largest absolute Gasteiger partial charge is 0.494 e. The van der Waals surface area contributed by atoms with Crippen LogP contribution >= 0.6 is 12.2 Å². The summed E-state index contributed by atoms with van der Waals surface area (Å²) in [5.41, 5.74) is 3.34. The van der Waals surface area contributed by atoms with E-state index < -0.39 is 10.0 Å². The Morgan fingerprint density at radius 3 is 2.02 bits per heavy atom. The van der Waals surface area contributed by atoms with Crippen molar-refractivity contribution in [3.05, 3.63) is 126 Å². The molecular weight excluding hydrogens is 581 g/mol. The van der Waals surface area contributed by atoms with E-state index in [4.69, 9.17) is 17.0 Å². The molecule has 1 heterocycles. The molecule has 4 aromatic rings. The maximum absolute atomic E-state index is 13.5. The highest BCUT2D eigenvalue weighted by Crippen LogP contribution is 2.30. The average Bonchev–Trinajstić information content (AvgIpc) is 3.03. The van der Waals surface area contributed by atoms with Crippen molar-refractivity contribution in [2.24, 2.45) is 0 Å². The number of carbonyl (C=O) groups excluding carboxylic acids is 1. The van der Waals surface area contributed by atoms with Crippen molar-refractivity contribution in [1.82, 2.24) is 14.5 Å². The molecule has 43 heavy (non-hydrogen) atoms. The molecule has 1 amide bonds. The van der Waals surface area contributed by atoms with Gasteiger partial charge in [-0.3, -0.25) is 15.0 Å². The molecule has 1 fully saturated rings. The fraction of sp³-hybridized carbons (Fsp3) is 0.212. The zero-order valence-corrected chi connectivity index (χ0v) is 25.5. The van der Waals surface area contributed by atoms with Gasteiger partial charge in [0.2, 0.25) is 10.0 Å². The standard InChI is InChI=1S/C33H34N4O4S2/c1-2-41-29-15-9-14-27(24-29)32(38)35-33(42)34-28-16-18-30(19-17-28)43(39,40)37-22-20-36(21-23-37)31(25-10-5-3-6-11-25)26-12-7-4-8-13-26/h3-19,24,31H,2,20-23H2,1H3,(H2,34,35,38,42). The highest BCUT2D eigenvalue weighted by molar-refractivity contribution is 7.89. The van der Waals surface area contributed by atoms with Crippen LogP contribution in [0.3, 0.4) is 0 Å². The zero-order chi connectivity index (χ0) is 30.2. The summed E-state index contributed by atoms with van der Waals surface area (Å²) in [4.78, 5) is 15.2. The van der Waals surface area contributed by atoms with Gasteiger partial charge in [0.05, 0.1) is 17.5 Å². The van der Waals surface area contributed by atoms with Gasteiger partial charge in [0.15, 0.2) is 5.11 Å². The molecule has 1 saturated heterocycles. The van der Waals surface area contributed by atoms with E-state index >= 15 is 0 Å². The third-order valence-corrected chi connectivity index (χ3v) is 9.37. The minimum absolute atomic E-state index is 0.0514. The second-order valence-corrected chi connectivity index (χ2v) is 12.4. The normalized spacial score (nSPS) is 14.3. The summed E-state index contributed by atoms with van der Waals surface area (Å²) in [6, 6.07) is 33.9. The Hall–Kier alpha value is -4.09. The predicted octanol–water partition coefficient (Wildman–Crippen LogP) is 5.31. The zero-order valence-electron chi connectivity index (χ0n) is 23.8. The number of nitrogens with one attached hydrogen (secondary N) is 2. The Balaban J connectivity index is 1.20. The van der Waals surface area contributed by atoms with Crippen LogP contribution in [0.4, 0.5) is 5.69 Å². The van der Waals surface area contributed by atoms with Crippen LogP contribution in [0.25, 0.3) is 0 Å². The third-order valence-electron chi connectivity index (χ3n) is 7.25. The number of nitrogens with zero attached hydrogens (tertiary/aromatic N) is 2. The first kappa shape index (κ1) is 30.4. The lowest BCUT2D eigenvalue weighted by atomic mass is 9.96. The molecule has 0 saturated carbocycles. The summed E-state index contributed by atoms with van der Waals surface area (Å²) in [5.74, 6) is 0.221. The van der Waals surface area contributed by atoms with Crippen LogP contribution in [0.5, 0.6) is 5.75 Å². The molecule has 0 aromatic heterocycles. The van der Waals surface area contributed by atoms with Gasteiger partial charge in [0.1, 0.15) is 5.75 Å². The number of hydrogen-bond acceptors (Lipinski definition) is 6. The minimum atomic E-state index is -3.69. The number of rotatable bonds is 9. The number of anilines is 1. The number of thiocarbonyl (C=S) groups is 1. The maximum Gasteiger partial charge on any atom is 0.257 e. The summed E-state index contributed by atoms with van der Waals surface area (Å²) >= 11 is 5.30. The summed E-state index contributed by atoms with van der Waals surface area (Å²) in [6.07, 6.45) is 0. The second kappa shape index (κ2) is 13.9. The lowest BCUT2D eigenvalue weighted by molar-refractivity contribution is 0.0977. The van der Waals surface area contributed by atoms with Gasteiger partial charge >= 0.3 is 0 Å². The van der Waals surface area contributed by atoms with Gasteiger partial charge in [-0.25, -0.2) is 8.42 Å². The molecule has 0 bridgehead atoms. The van der Waals surface area contributed by atoms with E-state index in [9.17, 15) is 13.2 Å². The van der Waals surface area contributed by atoms with Gasteiger partial charge in [-0.05, 0) is 72.7 Å². The first-order chi connectivity index (χ1) is 20.8. The monoisotopic (exact) mass is 614 g/mol. The smallest absolute Gasteiger partial charge is 0.257 e. The lowest BCUT2D eigenvalue weighted by Gasteiger charge is -2.39. The average molecular weight is 615 g/mol. The molecule has 4 aromatic carbocycles. The van der Waals surface area contributed by atoms with Crippen molar-refractivity contribution in [3.63, 3.8) is 0 Å². The van der Waals surface area contributed by atoms with E-state index in [1.807, 2.05) is 43.3 Å². The molecule has 0 unspecified atom stereocenters. The van der Waals surface area contributed by atoms with Crippen LogP contribution in [-0.2, 0) is 10.0 Å². The molecule has 1 aliphatic rings. The third kappa shape index (κ3) is 7.47. The van der Waals surface area contributed by atoms with Gasteiger partial charge in [0.25, 0.3) is 5.91 Å². The number of carbonyl (C=O) groups is 1. The summed E-state index contributed by atoms with van der Waals surface area (Å²) in [6.45, 7) is 4.36. The van der Waals surface area contributed by atoms with Crippen LogP contribution in [0.15, 0.2) is 114 Å². The van der Waals surface area contributed by atoms with Gasteiger partial charge in [-0.2, -0.15) is 4.31 Å². The van der Waals surface area contributed by atoms with E-state index in [2.05, 4.69) is 39.8 Å². The number of ether oxygens (including phenoxy) is 1. The molecule has 0 aliphatic carbocycles. The van der Waals surface area contributed by atoms with Crippen molar-refractivity contribution < 1.29 is 17.9 Å². The molecule has 1 aliphatic heterocycles. The summed E-state index contributed by atoms with van der Waals surface area (Å²) < 4.78 is 34.0. The summed E-state index contributed by atoms with van der Waals surface area (Å²) in [7, 11) is -3.69. The van der Waals surface area contributed by atoms with Crippen molar-refractivity contribution in [2.75, 3.05) is 38.1 Å². The first-order valence-corrected chi connectivity index (χ1v) is 16.0. The van der Waals surface area contributed by atoms with Crippen LogP contribution in [0.2, 0.25) is 0 Å². The van der Waals surface area contributed by atoms with Gasteiger partial charge in [-0.15, -0.1) is 0 Å². The van der Waals surface area contributed by atoms with Crippen molar-refractivity contribution >= 4 is 38.9 Å². The molecule has 0 atom stereocenters. The van der Waals surface area contributed by atoms with Crippen LogP contribution in [0.1, 0.15) is 34.5 Å². The minimum Gasteiger partial charge on any atom is -0.494 e. The fourth-order valence-corrected chi connectivity index (χ4v) is 6.81. The molecule has 0 spiro atoms. The molecule has 222 valence electrons. The first-order valence-electron chi connectivity index (χ1n) is 14.1. The van der Waals surface area contributed by atoms with E-state index in [1.165, 1.54) is 11.1 Å². The van der Waals surface area contributed by atoms with Crippen molar-refractivity contribution in [2.45, 2.75) is 17.9 Å². The van der Waals surface area contributed by atoms with Crippen LogP contribution in [0, 0.1) is 0 Å². The highest BCUT2D eigenvalue weighted by atomic mass is 32.2. The van der Waals surface area contributed by atoms with Crippen LogP contribution < -0.4 is 15.4 Å². The highest BCUT2D eigenvalue weighted by Gasteiger charge is 2.32. The fourth-order valence-electron chi connectivity index (χ4n) is 5.18. The number of amides is 1. The van der Waals surface area contributed by atoms with Crippen molar-refractivity contribution in [1.29, 1.82) is 0 Å². The summed E-state index contributed by atoms with van der Waals surface area (Å²) in [5, 5.41) is 5.69. The molecule has 0 radical (unpaired) electrons. The van der Waals surface area contributed by atoms with Gasteiger partial charge in [0, 0.05) is 37.4 Å². The Morgan fingerprint density at radius 1 is 0.837 bits per heavy atom. The Kier molecular flexibility index (Phi) is 9.83. The SMILES string of the molecule is CCOc1cccc(C(=O)NC(=S)Nc2ccc(S(=O)(=O)N3CCN(C(c4ccccc4)c4ccccc4)CC3)cc2)c1. The van der Waals surface area contributed by atoms with E-state index in [0.29, 0.717) is 49.8 Å². The van der Waals surface area contributed by atoms with E-state index in [-0.39, 0.29) is 22.0 Å². The topological polar surface area (TPSA) is 91.0 Å². The number of piperazine rings is 1. The second-order valence-electron chi connectivity index (χ2n) is 10.1. The van der Waals surface area contributed by atoms with Gasteiger partial charge < -0.3 is 10.1 Å². The molecule has 5 rings (SSSR count). The number of sulfonamides is 1. The number of benzene rings is 4. The van der Waals surface area contributed by atoms with Crippen molar-refractivity contribution in [3.8, 4) is 5.75 Å². The molecule has 8 nitrogen and oxygen atoms in total. The molecule has 2 N–H and O–H groups in total. The quantitative estimate of drug-likeness (QED) is 0.247.